The number of hydrogen-bond donors (Lipinski definition) is 2. The summed E-state index contributed by atoms with van der Waals surface area (Å²) in [5, 5.41) is 13.2. The van der Waals surface area contributed by atoms with Crippen LogP contribution in [0, 0.1) is 0 Å². The molecule has 0 bridgehead atoms. The average molecular weight is 338 g/mol. The molecule has 2 aromatic rings. The second kappa shape index (κ2) is 5.99. The maximum atomic E-state index is 9.94. The second-order valence-corrected chi connectivity index (χ2v) is 5.73. The highest BCUT2D eigenvalue weighted by Crippen LogP contribution is 2.32. The normalized spacial score (nSPS) is 14.9. The zero-order valence-corrected chi connectivity index (χ0v) is 12.5. The lowest BCUT2D eigenvalue weighted by molar-refractivity contribution is 0.147. The number of nitrogens with one attached hydrogen (secondary N) is 1. The lowest BCUT2D eigenvalue weighted by Crippen LogP contribution is -2.21. The number of aliphatic hydroxyl groups excluding tert-OH is 1. The third-order valence-electron chi connectivity index (χ3n) is 3.35. The lowest BCUT2D eigenvalue weighted by atomic mass is 10.1. The van der Waals surface area contributed by atoms with Gasteiger partial charge in [0.2, 0.25) is 0 Å². The summed E-state index contributed by atoms with van der Waals surface area (Å²) < 4.78 is 11.9. The van der Waals surface area contributed by atoms with E-state index < -0.39 is 6.10 Å². The molecule has 1 aromatic heterocycles. The van der Waals surface area contributed by atoms with Crippen molar-refractivity contribution in [2.75, 3.05) is 13.2 Å². The molecular weight excluding hydrogens is 322 g/mol. The molecule has 0 spiro atoms. The maximum Gasteiger partial charge on any atom is 0.133 e. The van der Waals surface area contributed by atoms with Gasteiger partial charge >= 0.3 is 0 Å². The first-order chi connectivity index (χ1) is 9.74. The first kappa shape index (κ1) is 13.7. The Morgan fingerprint density at radius 3 is 3.10 bits per heavy atom. The van der Waals surface area contributed by atoms with Crippen molar-refractivity contribution < 1.29 is 14.3 Å². The fourth-order valence-corrected chi connectivity index (χ4v) is 2.96. The summed E-state index contributed by atoms with van der Waals surface area (Å²) in [6, 6.07) is 7.69. The number of halogens is 1. The molecule has 20 heavy (non-hydrogen) atoms. The molecule has 0 radical (unpaired) electrons. The third-order valence-corrected chi connectivity index (χ3v) is 3.81. The molecule has 5 heteroatoms. The minimum atomic E-state index is -0.633. The van der Waals surface area contributed by atoms with Gasteiger partial charge in [0.1, 0.15) is 17.6 Å². The minimum absolute atomic E-state index is 0.439. The molecule has 0 saturated carbocycles. The predicted molar refractivity (Wildman–Crippen MR) is 78.7 cm³/mol. The Morgan fingerprint density at radius 1 is 1.40 bits per heavy atom. The standard InChI is InChI=1S/C15H16BrNO3/c16-12-6-10-3-5-20-15(10)11(7-12)8-17-9-13(18)14-2-1-4-19-14/h1-2,4,6-7,13,17-18H,3,5,8-9H2/t13-/m1/s1. The summed E-state index contributed by atoms with van der Waals surface area (Å²) >= 11 is 3.52. The van der Waals surface area contributed by atoms with Crippen molar-refractivity contribution in [3.63, 3.8) is 0 Å². The van der Waals surface area contributed by atoms with Crippen LogP contribution in [0.2, 0.25) is 0 Å². The highest BCUT2D eigenvalue weighted by Gasteiger charge is 2.17. The Hall–Kier alpha value is -1.30. The highest BCUT2D eigenvalue weighted by molar-refractivity contribution is 9.10. The van der Waals surface area contributed by atoms with Gasteiger partial charge in [-0.25, -0.2) is 0 Å². The van der Waals surface area contributed by atoms with Crippen molar-refractivity contribution in [1.82, 2.24) is 5.32 Å². The molecule has 1 atom stereocenters. The van der Waals surface area contributed by atoms with Crippen molar-refractivity contribution in [2.45, 2.75) is 19.1 Å². The van der Waals surface area contributed by atoms with Crippen LogP contribution >= 0.6 is 15.9 Å². The molecule has 0 amide bonds. The van der Waals surface area contributed by atoms with Crippen LogP contribution in [0.25, 0.3) is 0 Å². The minimum Gasteiger partial charge on any atom is -0.493 e. The fourth-order valence-electron chi connectivity index (χ4n) is 2.40. The number of rotatable bonds is 5. The number of fused-ring (bicyclic) bond motifs is 1. The Bertz CT molecular complexity index is 583. The molecule has 1 aliphatic heterocycles. The van der Waals surface area contributed by atoms with Gasteiger partial charge in [-0.2, -0.15) is 0 Å². The smallest absolute Gasteiger partial charge is 0.133 e. The van der Waals surface area contributed by atoms with Gasteiger partial charge in [-0.05, 0) is 29.8 Å². The van der Waals surface area contributed by atoms with E-state index in [2.05, 4.69) is 33.4 Å². The first-order valence-corrected chi connectivity index (χ1v) is 7.39. The van der Waals surface area contributed by atoms with E-state index in [0.717, 1.165) is 28.8 Å². The summed E-state index contributed by atoms with van der Waals surface area (Å²) in [6.45, 7) is 1.84. The van der Waals surface area contributed by atoms with E-state index in [1.807, 2.05) is 0 Å². The van der Waals surface area contributed by atoms with Crippen molar-refractivity contribution in [2.24, 2.45) is 0 Å². The molecule has 4 nitrogen and oxygen atoms in total. The molecule has 2 N–H and O–H groups in total. The van der Waals surface area contributed by atoms with Gasteiger partial charge in [-0.1, -0.05) is 15.9 Å². The average Bonchev–Trinajstić information content (AvgIpc) is 3.09. The van der Waals surface area contributed by atoms with Crippen LogP contribution in [0.5, 0.6) is 5.75 Å². The monoisotopic (exact) mass is 337 g/mol. The van der Waals surface area contributed by atoms with E-state index >= 15 is 0 Å². The molecular formula is C15H16BrNO3. The summed E-state index contributed by atoms with van der Waals surface area (Å²) in [5.41, 5.74) is 2.35. The Kier molecular flexibility index (Phi) is 4.10. The van der Waals surface area contributed by atoms with Gasteiger partial charge in [-0.3, -0.25) is 0 Å². The first-order valence-electron chi connectivity index (χ1n) is 6.60. The summed E-state index contributed by atoms with van der Waals surface area (Å²) in [6.07, 6.45) is 1.89. The summed E-state index contributed by atoms with van der Waals surface area (Å²) in [4.78, 5) is 0. The van der Waals surface area contributed by atoms with Gasteiger partial charge in [-0.15, -0.1) is 0 Å². The van der Waals surface area contributed by atoms with E-state index in [1.165, 1.54) is 5.56 Å². The predicted octanol–water partition coefficient (Wildman–Crippen LogP) is 2.80. The Balaban J connectivity index is 1.62. The molecule has 0 aliphatic carbocycles. The number of aliphatic hydroxyl groups is 1. The highest BCUT2D eigenvalue weighted by atomic mass is 79.9. The van der Waals surface area contributed by atoms with E-state index in [-0.39, 0.29) is 0 Å². The van der Waals surface area contributed by atoms with Crippen LogP contribution in [-0.4, -0.2) is 18.3 Å². The largest absolute Gasteiger partial charge is 0.493 e. The van der Waals surface area contributed by atoms with Crippen LogP contribution in [0.15, 0.2) is 39.4 Å². The Labute approximate surface area is 125 Å². The number of benzene rings is 1. The van der Waals surface area contributed by atoms with Gasteiger partial charge in [0, 0.05) is 29.5 Å². The van der Waals surface area contributed by atoms with Crippen LogP contribution in [-0.2, 0) is 13.0 Å². The molecule has 1 aliphatic rings. The molecule has 0 saturated heterocycles. The van der Waals surface area contributed by atoms with E-state index in [4.69, 9.17) is 9.15 Å². The summed E-state index contributed by atoms with van der Waals surface area (Å²) in [7, 11) is 0. The van der Waals surface area contributed by atoms with Gasteiger partial charge in [0.05, 0.1) is 12.9 Å². The molecule has 0 fully saturated rings. The van der Waals surface area contributed by atoms with Crippen LogP contribution < -0.4 is 10.1 Å². The number of hydrogen-bond acceptors (Lipinski definition) is 4. The lowest BCUT2D eigenvalue weighted by Gasteiger charge is -2.12. The van der Waals surface area contributed by atoms with Crippen LogP contribution in [0.3, 0.4) is 0 Å². The van der Waals surface area contributed by atoms with Gasteiger partial charge < -0.3 is 19.6 Å². The van der Waals surface area contributed by atoms with Crippen LogP contribution in [0.1, 0.15) is 23.0 Å². The SMILES string of the molecule is O[C@H](CNCc1cc(Br)cc2c1OCC2)c1ccco1. The Morgan fingerprint density at radius 2 is 2.30 bits per heavy atom. The van der Waals surface area contributed by atoms with E-state index in [9.17, 15) is 5.11 Å². The molecule has 106 valence electrons. The van der Waals surface area contributed by atoms with Gasteiger partial charge in [0.25, 0.3) is 0 Å². The van der Waals surface area contributed by atoms with Crippen molar-refractivity contribution in [3.05, 3.63) is 51.9 Å². The van der Waals surface area contributed by atoms with E-state index in [0.29, 0.717) is 18.8 Å². The van der Waals surface area contributed by atoms with Crippen molar-refractivity contribution in [3.8, 4) is 5.75 Å². The number of ether oxygens (including phenoxy) is 1. The fraction of sp³-hybridized carbons (Fsp3) is 0.333. The topological polar surface area (TPSA) is 54.6 Å². The second-order valence-electron chi connectivity index (χ2n) is 4.81. The van der Waals surface area contributed by atoms with Crippen molar-refractivity contribution in [1.29, 1.82) is 0 Å². The maximum absolute atomic E-state index is 9.94. The molecule has 0 unspecified atom stereocenters. The molecule has 3 rings (SSSR count). The molecule has 2 heterocycles. The zero-order valence-electron chi connectivity index (χ0n) is 10.9. The van der Waals surface area contributed by atoms with Crippen molar-refractivity contribution >= 4 is 15.9 Å². The van der Waals surface area contributed by atoms with Gasteiger partial charge in [0.15, 0.2) is 0 Å². The van der Waals surface area contributed by atoms with Crippen LogP contribution in [0.4, 0.5) is 0 Å². The third kappa shape index (κ3) is 2.90. The quantitative estimate of drug-likeness (QED) is 0.880. The van der Waals surface area contributed by atoms with E-state index in [1.54, 1.807) is 18.4 Å². The zero-order chi connectivity index (χ0) is 13.9. The summed E-state index contributed by atoms with van der Waals surface area (Å²) in [5.74, 6) is 1.56. The molecule has 1 aromatic carbocycles. The number of furan rings is 1.